The summed E-state index contributed by atoms with van der Waals surface area (Å²) in [6.45, 7) is 5.88. The molecule has 4 atom stereocenters. The predicted molar refractivity (Wildman–Crippen MR) is 115 cm³/mol. The number of amides is 3. The van der Waals surface area contributed by atoms with Crippen LogP contribution in [0.5, 0.6) is 0 Å². The van der Waals surface area contributed by atoms with E-state index in [1.54, 1.807) is 11.8 Å². The molecule has 7 heteroatoms. The van der Waals surface area contributed by atoms with Gasteiger partial charge in [-0.3, -0.25) is 14.4 Å². The summed E-state index contributed by atoms with van der Waals surface area (Å²) in [5, 5.41) is 5.95. The highest BCUT2D eigenvalue weighted by molar-refractivity contribution is 5.93. The average molecular weight is 415 g/mol. The smallest absolute Gasteiger partial charge is 0.246 e. The molecule has 0 spiro atoms. The highest BCUT2D eigenvalue weighted by atomic mass is 16.2. The number of hydrogen-bond donors (Lipinski definition) is 3. The van der Waals surface area contributed by atoms with Crippen LogP contribution in [-0.4, -0.2) is 47.3 Å². The summed E-state index contributed by atoms with van der Waals surface area (Å²) in [4.78, 5) is 40.1. The number of benzene rings is 1. The standard InChI is InChI=1S/C23H34N4O3/c1-14(2)20(26-21(28)15(3)24)23(30)27-13-7-12-19(27)22(29)25-18-11-6-9-16-8-4-5-10-17(16)18/h4-5,8,10,14-15,18-20H,6-7,9,11-13,24H2,1-3H3,(H,25,29)(H,26,28)/t15-,18+,19-,20-/m0/s1. The summed E-state index contributed by atoms with van der Waals surface area (Å²) >= 11 is 0. The Morgan fingerprint density at radius 3 is 2.53 bits per heavy atom. The summed E-state index contributed by atoms with van der Waals surface area (Å²) in [6, 6.07) is 6.34. The minimum absolute atomic E-state index is 0.0151. The second kappa shape index (κ2) is 9.60. The van der Waals surface area contributed by atoms with Crippen LogP contribution in [0.1, 0.15) is 63.6 Å². The Morgan fingerprint density at radius 2 is 1.83 bits per heavy atom. The molecule has 7 nitrogen and oxygen atoms in total. The second-order valence-electron chi connectivity index (χ2n) is 8.86. The third-order valence-electron chi connectivity index (χ3n) is 6.17. The zero-order chi connectivity index (χ0) is 21.8. The fourth-order valence-electron chi connectivity index (χ4n) is 4.45. The first-order valence-corrected chi connectivity index (χ1v) is 11.0. The van der Waals surface area contributed by atoms with Gasteiger partial charge in [0.1, 0.15) is 12.1 Å². The topological polar surface area (TPSA) is 105 Å². The number of nitrogens with two attached hydrogens (primary N) is 1. The summed E-state index contributed by atoms with van der Waals surface area (Å²) in [5.41, 5.74) is 8.12. The molecule has 1 fully saturated rings. The van der Waals surface area contributed by atoms with Crippen molar-refractivity contribution in [2.45, 2.75) is 77.0 Å². The molecule has 1 aromatic carbocycles. The summed E-state index contributed by atoms with van der Waals surface area (Å²) < 4.78 is 0. The van der Waals surface area contributed by atoms with Gasteiger partial charge in [-0.05, 0) is 56.1 Å². The second-order valence-corrected chi connectivity index (χ2v) is 8.86. The number of likely N-dealkylation sites (tertiary alicyclic amines) is 1. The van der Waals surface area contributed by atoms with Gasteiger partial charge in [-0.1, -0.05) is 38.1 Å². The van der Waals surface area contributed by atoms with Crippen LogP contribution < -0.4 is 16.4 Å². The Bertz CT molecular complexity index is 792. The van der Waals surface area contributed by atoms with E-state index in [1.807, 2.05) is 26.0 Å². The minimum atomic E-state index is -0.692. The summed E-state index contributed by atoms with van der Waals surface area (Å²) in [5.74, 6) is -0.778. The highest BCUT2D eigenvalue weighted by Crippen LogP contribution is 2.30. The molecule has 0 saturated carbocycles. The summed E-state index contributed by atoms with van der Waals surface area (Å²) in [6.07, 6.45) is 4.39. The lowest BCUT2D eigenvalue weighted by Gasteiger charge is -2.32. The number of carbonyl (C=O) groups is 3. The van der Waals surface area contributed by atoms with Gasteiger partial charge >= 0.3 is 0 Å². The molecule has 1 aromatic rings. The van der Waals surface area contributed by atoms with Gasteiger partial charge in [0.2, 0.25) is 17.7 Å². The van der Waals surface area contributed by atoms with Crippen LogP contribution in [0.2, 0.25) is 0 Å². The van der Waals surface area contributed by atoms with Crippen LogP contribution in [0.25, 0.3) is 0 Å². The predicted octanol–water partition coefficient (Wildman–Crippen LogP) is 1.66. The number of aryl methyl sites for hydroxylation is 1. The van der Waals surface area contributed by atoms with E-state index in [0.29, 0.717) is 13.0 Å². The quantitative estimate of drug-likeness (QED) is 0.658. The largest absolute Gasteiger partial charge is 0.347 e. The number of nitrogens with one attached hydrogen (secondary N) is 2. The maximum Gasteiger partial charge on any atom is 0.246 e. The molecule has 4 N–H and O–H groups in total. The zero-order valence-corrected chi connectivity index (χ0v) is 18.2. The maximum atomic E-state index is 13.2. The van der Waals surface area contributed by atoms with Crippen LogP contribution in [0.3, 0.4) is 0 Å². The van der Waals surface area contributed by atoms with E-state index in [0.717, 1.165) is 25.7 Å². The Balaban J connectivity index is 1.71. The molecule has 164 valence electrons. The van der Waals surface area contributed by atoms with E-state index in [9.17, 15) is 14.4 Å². The number of hydrogen-bond acceptors (Lipinski definition) is 4. The Kier molecular flexibility index (Phi) is 7.13. The van der Waals surface area contributed by atoms with Crippen molar-refractivity contribution in [2.75, 3.05) is 6.54 Å². The van der Waals surface area contributed by atoms with Gasteiger partial charge in [-0.25, -0.2) is 0 Å². The molecule has 30 heavy (non-hydrogen) atoms. The van der Waals surface area contributed by atoms with Gasteiger partial charge in [0.15, 0.2) is 0 Å². The maximum absolute atomic E-state index is 13.2. The Labute approximate surface area is 178 Å². The zero-order valence-electron chi connectivity index (χ0n) is 18.2. The van der Waals surface area contributed by atoms with Crippen LogP contribution in [-0.2, 0) is 20.8 Å². The first-order valence-electron chi connectivity index (χ1n) is 11.0. The van der Waals surface area contributed by atoms with E-state index in [-0.39, 0.29) is 29.7 Å². The van der Waals surface area contributed by atoms with Crippen molar-refractivity contribution in [3.05, 3.63) is 35.4 Å². The Hall–Kier alpha value is -2.41. The molecule has 1 heterocycles. The Morgan fingerprint density at radius 1 is 1.10 bits per heavy atom. The van der Waals surface area contributed by atoms with Gasteiger partial charge in [-0.2, -0.15) is 0 Å². The molecule has 1 aliphatic heterocycles. The normalized spacial score (nSPS) is 22.9. The van der Waals surface area contributed by atoms with Crippen molar-refractivity contribution in [3.8, 4) is 0 Å². The molecular formula is C23H34N4O3. The van der Waals surface area contributed by atoms with Crippen molar-refractivity contribution < 1.29 is 14.4 Å². The van der Waals surface area contributed by atoms with Crippen molar-refractivity contribution in [1.29, 1.82) is 0 Å². The summed E-state index contributed by atoms with van der Waals surface area (Å²) in [7, 11) is 0. The third kappa shape index (κ3) is 4.83. The van der Waals surface area contributed by atoms with E-state index < -0.39 is 18.1 Å². The molecular weight excluding hydrogens is 380 g/mol. The molecule has 1 aliphatic carbocycles. The fraction of sp³-hybridized carbons (Fsp3) is 0.609. The van der Waals surface area contributed by atoms with Gasteiger partial charge < -0.3 is 21.3 Å². The first kappa shape index (κ1) is 22.3. The van der Waals surface area contributed by atoms with Crippen LogP contribution in [0.15, 0.2) is 24.3 Å². The molecule has 0 bridgehead atoms. The third-order valence-corrected chi connectivity index (χ3v) is 6.17. The lowest BCUT2D eigenvalue weighted by molar-refractivity contribution is -0.142. The number of fused-ring (bicyclic) bond motifs is 1. The molecule has 0 aromatic heterocycles. The van der Waals surface area contributed by atoms with E-state index in [2.05, 4.69) is 22.8 Å². The van der Waals surface area contributed by atoms with Crippen molar-refractivity contribution >= 4 is 17.7 Å². The van der Waals surface area contributed by atoms with Crippen molar-refractivity contribution in [3.63, 3.8) is 0 Å². The first-order chi connectivity index (χ1) is 14.3. The molecule has 3 amide bonds. The SMILES string of the molecule is CC(C)[C@H](NC(=O)[C@H](C)N)C(=O)N1CCC[C@H]1C(=O)N[C@@H]1CCCc2ccccc21. The van der Waals surface area contributed by atoms with Gasteiger partial charge in [0, 0.05) is 6.54 Å². The van der Waals surface area contributed by atoms with Gasteiger partial charge in [0.25, 0.3) is 0 Å². The van der Waals surface area contributed by atoms with E-state index in [1.165, 1.54) is 11.1 Å². The van der Waals surface area contributed by atoms with E-state index >= 15 is 0 Å². The average Bonchev–Trinajstić information content (AvgIpc) is 3.21. The molecule has 2 aliphatic rings. The number of nitrogens with zero attached hydrogens (tertiary/aromatic N) is 1. The lowest BCUT2D eigenvalue weighted by Crippen LogP contribution is -2.57. The monoisotopic (exact) mass is 414 g/mol. The fourth-order valence-corrected chi connectivity index (χ4v) is 4.45. The van der Waals surface area contributed by atoms with E-state index in [4.69, 9.17) is 5.73 Å². The molecule has 0 radical (unpaired) electrons. The van der Waals surface area contributed by atoms with Crippen molar-refractivity contribution in [2.24, 2.45) is 11.7 Å². The van der Waals surface area contributed by atoms with Crippen LogP contribution in [0.4, 0.5) is 0 Å². The molecule has 1 saturated heterocycles. The lowest BCUT2D eigenvalue weighted by atomic mass is 9.87. The van der Waals surface area contributed by atoms with Gasteiger partial charge in [0.05, 0.1) is 12.1 Å². The minimum Gasteiger partial charge on any atom is -0.347 e. The molecule has 3 rings (SSSR count). The van der Waals surface area contributed by atoms with Crippen LogP contribution in [0, 0.1) is 5.92 Å². The highest BCUT2D eigenvalue weighted by Gasteiger charge is 2.39. The van der Waals surface area contributed by atoms with Crippen molar-refractivity contribution in [1.82, 2.24) is 15.5 Å². The number of rotatable bonds is 6. The van der Waals surface area contributed by atoms with Gasteiger partial charge in [-0.15, -0.1) is 0 Å². The van der Waals surface area contributed by atoms with Crippen LogP contribution >= 0.6 is 0 Å². The molecule has 0 unspecified atom stereocenters. The number of carbonyl (C=O) groups excluding carboxylic acids is 3.